The van der Waals surface area contributed by atoms with Crippen LogP contribution < -0.4 is 0 Å². The minimum Gasteiger partial charge on any atom is -0.0654 e. The van der Waals surface area contributed by atoms with Crippen molar-refractivity contribution in [2.24, 2.45) is 11.8 Å². The normalized spacial score (nSPS) is 14.8. The minimum absolute atomic E-state index is 0.0447. The van der Waals surface area contributed by atoms with E-state index in [0.29, 0.717) is 0 Å². The molecule has 2 atom stereocenters. The molecule has 0 aliphatic heterocycles. The quantitative estimate of drug-likeness (QED) is 0.149. The van der Waals surface area contributed by atoms with Crippen LogP contribution in [0.5, 0.6) is 0 Å². The highest BCUT2D eigenvalue weighted by atomic mass is 14.5. The van der Waals surface area contributed by atoms with Crippen molar-refractivity contribution in [2.75, 3.05) is 0 Å². The summed E-state index contributed by atoms with van der Waals surface area (Å²) < 4.78 is 0. The van der Waals surface area contributed by atoms with Crippen molar-refractivity contribution in [1.82, 2.24) is 0 Å². The fraction of sp³-hybridized carbons (Fsp3) is 0.415. The van der Waals surface area contributed by atoms with Crippen LogP contribution in [0.1, 0.15) is 103 Å². The molecule has 41 heavy (non-hydrogen) atoms. The molecule has 214 valence electrons. The summed E-state index contributed by atoms with van der Waals surface area (Å²) in [6.45, 7) is 9.55. The Morgan fingerprint density at radius 2 is 0.902 bits per heavy atom. The van der Waals surface area contributed by atoms with Crippen LogP contribution in [0.15, 0.2) is 97.1 Å². The molecule has 0 spiro atoms. The molecule has 0 fully saturated rings. The summed E-state index contributed by atoms with van der Waals surface area (Å²) >= 11 is 0. The van der Waals surface area contributed by atoms with Crippen LogP contribution in [-0.4, -0.2) is 0 Å². The van der Waals surface area contributed by atoms with Crippen molar-refractivity contribution in [3.63, 3.8) is 0 Å². The van der Waals surface area contributed by atoms with E-state index >= 15 is 0 Å². The molecule has 0 nitrogen and oxygen atoms in total. The minimum atomic E-state index is 0.0447. The Hall–Kier alpha value is -3.12. The summed E-state index contributed by atoms with van der Waals surface area (Å²) in [4.78, 5) is 0. The third-order valence-corrected chi connectivity index (χ3v) is 9.94. The monoisotopic (exact) mass is 542 g/mol. The van der Waals surface area contributed by atoms with Crippen LogP contribution in [0.4, 0.5) is 0 Å². The Kier molecular flexibility index (Phi) is 9.81. The summed E-state index contributed by atoms with van der Waals surface area (Å²) in [6.07, 6.45) is 12.9. The summed E-state index contributed by atoms with van der Waals surface area (Å²) in [5, 5.41) is 0. The highest BCUT2D eigenvalue weighted by Gasteiger charge is 2.45. The van der Waals surface area contributed by atoms with Crippen molar-refractivity contribution >= 4 is 0 Å². The van der Waals surface area contributed by atoms with Crippen LogP contribution in [0.2, 0.25) is 0 Å². The molecule has 0 aromatic heterocycles. The zero-order chi connectivity index (χ0) is 28.7. The first-order valence-electron chi connectivity index (χ1n) is 16.5. The molecular weight excluding hydrogens is 492 g/mol. The second kappa shape index (κ2) is 13.7. The van der Waals surface area contributed by atoms with Crippen LogP contribution in [-0.2, 0) is 5.41 Å². The molecule has 0 N–H and O–H groups in total. The zero-order valence-electron chi connectivity index (χ0n) is 26.0. The highest BCUT2D eigenvalue weighted by molar-refractivity contribution is 5.86. The Labute approximate surface area is 250 Å². The molecule has 4 aromatic carbocycles. The molecule has 1 aliphatic rings. The van der Waals surface area contributed by atoms with Crippen molar-refractivity contribution in [3.8, 4) is 33.4 Å². The van der Waals surface area contributed by atoms with Crippen molar-refractivity contribution < 1.29 is 0 Å². The summed E-state index contributed by atoms with van der Waals surface area (Å²) in [5.74, 6) is 1.47. The van der Waals surface area contributed by atoms with E-state index in [2.05, 4.69) is 125 Å². The standard InChI is InChI=1S/C41H50/c1-5-9-17-31(7-3)29-41(30-32(8-4)18-10-6-2)39-27-35(33-19-13-11-14-20-33)23-25-37(39)38-26-24-36(28-40(38)41)34-21-15-12-16-22-34/h11-16,19-28,31-32H,5-10,17-18,29-30H2,1-4H3. The van der Waals surface area contributed by atoms with Gasteiger partial charge in [-0.1, -0.05) is 164 Å². The Bertz CT molecular complexity index is 1270. The van der Waals surface area contributed by atoms with Gasteiger partial charge in [-0.3, -0.25) is 0 Å². The Morgan fingerprint density at radius 1 is 0.488 bits per heavy atom. The Morgan fingerprint density at radius 3 is 1.27 bits per heavy atom. The van der Waals surface area contributed by atoms with E-state index in [-0.39, 0.29) is 5.41 Å². The molecule has 2 unspecified atom stereocenters. The van der Waals surface area contributed by atoms with Crippen LogP contribution in [0.3, 0.4) is 0 Å². The predicted octanol–water partition coefficient (Wildman–Crippen LogP) is 12.5. The van der Waals surface area contributed by atoms with Crippen LogP contribution in [0, 0.1) is 11.8 Å². The van der Waals surface area contributed by atoms with Gasteiger partial charge < -0.3 is 0 Å². The molecule has 0 saturated carbocycles. The van der Waals surface area contributed by atoms with E-state index in [4.69, 9.17) is 0 Å². The molecule has 0 heteroatoms. The topological polar surface area (TPSA) is 0 Å². The van der Waals surface area contributed by atoms with Gasteiger partial charge in [0, 0.05) is 5.41 Å². The van der Waals surface area contributed by atoms with Gasteiger partial charge >= 0.3 is 0 Å². The van der Waals surface area contributed by atoms with Crippen molar-refractivity contribution in [2.45, 2.75) is 97.3 Å². The lowest BCUT2D eigenvalue weighted by atomic mass is 9.64. The number of hydrogen-bond donors (Lipinski definition) is 0. The van der Waals surface area contributed by atoms with Crippen LogP contribution >= 0.6 is 0 Å². The number of benzene rings is 4. The number of hydrogen-bond acceptors (Lipinski definition) is 0. The maximum Gasteiger partial charge on any atom is 0.0220 e. The Balaban J connectivity index is 1.73. The molecule has 0 radical (unpaired) electrons. The summed E-state index contributed by atoms with van der Waals surface area (Å²) in [6, 6.07) is 36.8. The first-order valence-corrected chi connectivity index (χ1v) is 16.5. The number of unbranched alkanes of at least 4 members (excludes halogenated alkanes) is 2. The van der Waals surface area contributed by atoms with E-state index in [9.17, 15) is 0 Å². The van der Waals surface area contributed by atoms with Gasteiger partial charge in [0.2, 0.25) is 0 Å². The SMILES string of the molecule is CCCCC(CC)CC1(CC(CC)CCCC)c2cc(-c3ccccc3)ccc2-c2ccc(-c3ccccc3)cc21. The van der Waals surface area contributed by atoms with E-state index in [1.54, 1.807) is 11.1 Å². The van der Waals surface area contributed by atoms with E-state index < -0.39 is 0 Å². The van der Waals surface area contributed by atoms with Crippen molar-refractivity contribution in [3.05, 3.63) is 108 Å². The first-order chi connectivity index (χ1) is 20.1. The van der Waals surface area contributed by atoms with Gasteiger partial charge in [-0.15, -0.1) is 0 Å². The highest BCUT2D eigenvalue weighted by Crippen LogP contribution is 2.57. The fourth-order valence-corrected chi connectivity index (χ4v) is 7.51. The maximum atomic E-state index is 2.59. The third-order valence-electron chi connectivity index (χ3n) is 9.94. The third kappa shape index (κ3) is 6.23. The average Bonchev–Trinajstić information content (AvgIpc) is 3.30. The van der Waals surface area contributed by atoms with E-state index in [0.717, 1.165) is 11.8 Å². The second-order valence-corrected chi connectivity index (χ2v) is 12.6. The largest absolute Gasteiger partial charge is 0.0654 e. The van der Waals surface area contributed by atoms with Crippen molar-refractivity contribution in [1.29, 1.82) is 0 Å². The zero-order valence-corrected chi connectivity index (χ0v) is 26.0. The van der Waals surface area contributed by atoms with Gasteiger partial charge in [0.1, 0.15) is 0 Å². The first kappa shape index (κ1) is 29.4. The van der Waals surface area contributed by atoms with Gasteiger partial charge in [0.05, 0.1) is 0 Å². The molecule has 0 saturated heterocycles. The van der Waals surface area contributed by atoms with Gasteiger partial charge in [-0.05, 0) is 81.3 Å². The van der Waals surface area contributed by atoms with E-state index in [1.807, 2.05) is 0 Å². The molecule has 5 rings (SSSR count). The fourth-order valence-electron chi connectivity index (χ4n) is 7.51. The predicted molar refractivity (Wildman–Crippen MR) is 179 cm³/mol. The van der Waals surface area contributed by atoms with Gasteiger partial charge in [0.15, 0.2) is 0 Å². The van der Waals surface area contributed by atoms with E-state index in [1.165, 1.54) is 97.6 Å². The molecule has 0 amide bonds. The maximum absolute atomic E-state index is 2.59. The number of rotatable bonds is 14. The van der Waals surface area contributed by atoms with Gasteiger partial charge in [-0.25, -0.2) is 0 Å². The molecule has 4 aromatic rings. The molecule has 0 heterocycles. The lowest BCUT2D eigenvalue weighted by Gasteiger charge is -2.39. The van der Waals surface area contributed by atoms with Gasteiger partial charge in [0.25, 0.3) is 0 Å². The summed E-state index contributed by atoms with van der Waals surface area (Å²) in [7, 11) is 0. The smallest absolute Gasteiger partial charge is 0.0220 e. The molecule has 1 aliphatic carbocycles. The lowest BCUT2D eigenvalue weighted by molar-refractivity contribution is 0.266. The van der Waals surface area contributed by atoms with Gasteiger partial charge in [-0.2, -0.15) is 0 Å². The molecule has 0 bridgehead atoms. The number of fused-ring (bicyclic) bond motifs is 3. The molecular formula is C41H50. The van der Waals surface area contributed by atoms with Crippen LogP contribution in [0.25, 0.3) is 33.4 Å². The lowest BCUT2D eigenvalue weighted by Crippen LogP contribution is -2.31. The average molecular weight is 543 g/mol. The second-order valence-electron chi connectivity index (χ2n) is 12.6. The summed E-state index contributed by atoms with van der Waals surface area (Å²) in [5.41, 5.74) is 11.5.